The number of methoxy groups -OCH3 is 2. The van der Waals surface area contributed by atoms with Gasteiger partial charge >= 0.3 is 23.9 Å². The molecule has 432 valence electrons. The van der Waals surface area contributed by atoms with Gasteiger partial charge in [0.2, 0.25) is 5.76 Å². The maximum absolute atomic E-state index is 11.9. The average Bonchev–Trinajstić information content (AvgIpc) is 3.46. The summed E-state index contributed by atoms with van der Waals surface area (Å²) in [5.41, 5.74) is 2.79. The van der Waals surface area contributed by atoms with E-state index in [-0.39, 0.29) is 22.6 Å². The van der Waals surface area contributed by atoms with Crippen LogP contribution in [-0.2, 0) is 23.8 Å². The number of benzene rings is 4. The number of phenols is 1. The summed E-state index contributed by atoms with van der Waals surface area (Å²) in [5, 5.41) is 27.9. The summed E-state index contributed by atoms with van der Waals surface area (Å²) < 4.78 is 26.2. The predicted octanol–water partition coefficient (Wildman–Crippen LogP) is 17.2. The molecule has 0 aliphatic rings. The number of carbonyl (C=O) groups excluding carboxylic acids is 2. The Morgan fingerprint density at radius 2 is 1.03 bits per heavy atom. The minimum Gasteiger partial charge on any atom is -0.507 e. The first kappa shape index (κ1) is 69.5. The number of aliphatic carboxylic acids is 1. The summed E-state index contributed by atoms with van der Waals surface area (Å²) >= 11 is 0. The van der Waals surface area contributed by atoms with Gasteiger partial charge in [-0.3, -0.25) is 0 Å². The number of esters is 2. The fourth-order valence-electron chi connectivity index (χ4n) is 8.03. The number of hydrogen-bond donors (Lipinski definition) is 3. The lowest BCUT2D eigenvalue weighted by atomic mass is 9.91. The molecule has 0 aliphatic heterocycles. The molecule has 12 heteroatoms. The van der Waals surface area contributed by atoms with Crippen molar-refractivity contribution in [1.82, 2.24) is 0 Å². The summed E-state index contributed by atoms with van der Waals surface area (Å²) in [6, 6.07) is 30.3. The van der Waals surface area contributed by atoms with Crippen molar-refractivity contribution in [2.24, 2.45) is 11.8 Å². The number of rotatable bonds is 35. The SMILES string of the molecule is CCCCC(CC)CC(=Cc1ccc(OC)cc1)C(=O)O.CCCCC(CC)COc1ccccc1C(=O)O.CCCCCCCCOC(=O)C(=Cc1ccccc1)OC.CCCCCCCCOC(=O)c1ccccc1O. The lowest BCUT2D eigenvalue weighted by Crippen LogP contribution is -2.13. The van der Waals surface area contributed by atoms with E-state index in [4.69, 9.17) is 28.8 Å². The lowest BCUT2D eigenvalue weighted by molar-refractivity contribution is -0.142. The van der Waals surface area contributed by atoms with Crippen LogP contribution in [0.2, 0.25) is 0 Å². The molecule has 4 rings (SSSR count). The number of hydrogen-bond acceptors (Lipinski definition) is 10. The minimum atomic E-state index is -0.938. The molecule has 0 spiro atoms. The van der Waals surface area contributed by atoms with Gasteiger partial charge in [0, 0.05) is 5.57 Å². The molecule has 0 aliphatic carbocycles. The maximum atomic E-state index is 11.9. The van der Waals surface area contributed by atoms with Crippen molar-refractivity contribution < 1.29 is 58.2 Å². The first-order valence-electron chi connectivity index (χ1n) is 28.8. The molecule has 0 saturated carbocycles. The highest BCUT2D eigenvalue weighted by Crippen LogP contribution is 2.25. The average molecular weight is 1080 g/mol. The summed E-state index contributed by atoms with van der Waals surface area (Å²) in [4.78, 5) is 46.0. The maximum Gasteiger partial charge on any atom is 0.373 e. The van der Waals surface area contributed by atoms with Gasteiger partial charge in [0.1, 0.15) is 28.4 Å². The highest BCUT2D eigenvalue weighted by molar-refractivity contribution is 5.93. The Labute approximate surface area is 468 Å². The molecule has 4 aromatic rings. The topological polar surface area (TPSA) is 175 Å². The van der Waals surface area contributed by atoms with Crippen LogP contribution in [0, 0.1) is 11.8 Å². The molecule has 2 atom stereocenters. The normalized spacial score (nSPS) is 11.7. The van der Waals surface area contributed by atoms with Crippen LogP contribution >= 0.6 is 0 Å². The number of aromatic carboxylic acids is 1. The van der Waals surface area contributed by atoms with Gasteiger partial charge in [0.25, 0.3) is 0 Å². The lowest BCUT2D eigenvalue weighted by Gasteiger charge is -2.16. The summed E-state index contributed by atoms with van der Waals surface area (Å²) in [7, 11) is 3.11. The Morgan fingerprint density at radius 3 is 1.55 bits per heavy atom. The van der Waals surface area contributed by atoms with E-state index in [9.17, 15) is 29.4 Å². The van der Waals surface area contributed by atoms with Crippen LogP contribution in [0.25, 0.3) is 12.2 Å². The molecule has 78 heavy (non-hydrogen) atoms. The fourth-order valence-corrected chi connectivity index (χ4v) is 8.03. The van der Waals surface area contributed by atoms with Crippen molar-refractivity contribution in [3.63, 3.8) is 0 Å². The number of para-hydroxylation sites is 2. The number of carbonyl (C=O) groups is 4. The summed E-state index contributed by atoms with van der Waals surface area (Å²) in [6.07, 6.45) is 27.1. The molecule has 12 nitrogen and oxygen atoms in total. The minimum absolute atomic E-state index is 0.0227. The molecule has 3 N–H and O–H groups in total. The van der Waals surface area contributed by atoms with Crippen molar-refractivity contribution in [1.29, 1.82) is 0 Å². The Bertz CT molecular complexity index is 2250. The van der Waals surface area contributed by atoms with E-state index in [1.807, 2.05) is 54.6 Å². The molecule has 0 fully saturated rings. The smallest absolute Gasteiger partial charge is 0.373 e. The fraction of sp³-hybridized carbons (Fsp3) is 0.515. The number of carboxylic acids is 2. The largest absolute Gasteiger partial charge is 0.507 e. The summed E-state index contributed by atoms with van der Waals surface area (Å²) in [5.74, 6) is -0.169. The van der Waals surface area contributed by atoms with Crippen molar-refractivity contribution in [2.75, 3.05) is 34.0 Å². The van der Waals surface area contributed by atoms with E-state index < -0.39 is 23.9 Å². The van der Waals surface area contributed by atoms with Gasteiger partial charge in [-0.2, -0.15) is 0 Å². The first-order chi connectivity index (χ1) is 37.8. The number of aromatic hydroxyl groups is 1. The van der Waals surface area contributed by atoms with E-state index >= 15 is 0 Å². The van der Waals surface area contributed by atoms with Gasteiger partial charge in [0.05, 0.1) is 34.0 Å². The van der Waals surface area contributed by atoms with Crippen LogP contribution in [0.4, 0.5) is 0 Å². The third-order valence-electron chi connectivity index (χ3n) is 13.0. The zero-order chi connectivity index (χ0) is 57.6. The Hall–Kier alpha value is -6.56. The standard InChI is InChI=1S/2C18H26O3.2C15H22O3/c1-4-6-7-14(5-2)12-16(18(19)20)13-15-8-10-17(21-3)11-9-15;1-3-4-5-6-7-11-14-21-18(19)17(20-2)15-16-12-9-8-10-13-16;1-3-5-8-12(4-2)11-18-14-10-7-6-9-13(14)15(16)17;1-2-3-4-5-6-9-12-18-15(17)13-10-7-8-11-14(13)16/h8-11,13-14H,4-7,12H2,1-3H3,(H,19,20);8-10,12-13,15H,3-7,11,14H2,1-2H3;6-7,9-10,12H,3-5,8,11H2,1-2H3,(H,16,17);7-8,10-11,16H,2-6,9,12H2,1H3. The van der Waals surface area contributed by atoms with Gasteiger partial charge < -0.3 is 39.0 Å². The molecular weight excluding hydrogens is 985 g/mol. The highest BCUT2D eigenvalue weighted by atomic mass is 16.6. The third kappa shape index (κ3) is 32.2. The molecule has 4 aromatic carbocycles. The number of unbranched alkanes of at least 4 members (excludes halogenated alkanes) is 12. The van der Waals surface area contributed by atoms with Gasteiger partial charge in [0.15, 0.2) is 0 Å². The van der Waals surface area contributed by atoms with Crippen molar-refractivity contribution in [3.05, 3.63) is 137 Å². The second-order valence-corrected chi connectivity index (χ2v) is 19.3. The Morgan fingerprint density at radius 1 is 0.526 bits per heavy atom. The van der Waals surface area contributed by atoms with Crippen molar-refractivity contribution >= 4 is 36.0 Å². The number of ether oxygens (including phenoxy) is 5. The van der Waals surface area contributed by atoms with Crippen LogP contribution < -0.4 is 9.47 Å². The predicted molar refractivity (Wildman–Crippen MR) is 316 cm³/mol. The third-order valence-corrected chi connectivity index (χ3v) is 13.0. The molecule has 0 bridgehead atoms. The van der Waals surface area contributed by atoms with E-state index in [1.54, 1.807) is 61.7 Å². The molecule has 0 saturated heterocycles. The molecule has 2 unspecified atom stereocenters. The zero-order valence-corrected chi connectivity index (χ0v) is 48.6. The van der Waals surface area contributed by atoms with E-state index in [1.165, 1.54) is 77.4 Å². The van der Waals surface area contributed by atoms with Crippen LogP contribution in [-0.4, -0.2) is 73.2 Å². The van der Waals surface area contributed by atoms with Gasteiger partial charge in [-0.15, -0.1) is 0 Å². The second kappa shape index (κ2) is 45.5. The van der Waals surface area contributed by atoms with Crippen molar-refractivity contribution in [2.45, 2.75) is 176 Å². The monoisotopic (exact) mass is 1080 g/mol. The van der Waals surface area contributed by atoms with Gasteiger partial charge in [-0.05, 0) is 97.2 Å². The summed E-state index contributed by atoms with van der Waals surface area (Å²) in [6.45, 7) is 14.5. The zero-order valence-electron chi connectivity index (χ0n) is 48.6. The van der Waals surface area contributed by atoms with Gasteiger partial charge in [-0.1, -0.05) is 217 Å². The Kier molecular flexibility index (Phi) is 40.5. The Balaban J connectivity index is 0.000000521. The van der Waals surface area contributed by atoms with E-state index in [2.05, 4.69) is 41.5 Å². The molecule has 0 amide bonds. The molecular formula is C66H96O12. The number of phenolic OH excluding ortho intramolecular Hbond substituents is 1. The van der Waals surface area contributed by atoms with Crippen LogP contribution in [0.1, 0.15) is 208 Å². The number of carboxylic acid groups (broad SMARTS) is 2. The van der Waals surface area contributed by atoms with Gasteiger partial charge in [-0.25, -0.2) is 19.2 Å². The van der Waals surface area contributed by atoms with Crippen LogP contribution in [0.3, 0.4) is 0 Å². The highest BCUT2D eigenvalue weighted by Gasteiger charge is 2.16. The van der Waals surface area contributed by atoms with E-state index in [0.717, 1.165) is 81.1 Å². The first-order valence-corrected chi connectivity index (χ1v) is 28.8. The second-order valence-electron chi connectivity index (χ2n) is 19.3. The molecule has 0 heterocycles. The molecule has 0 radical (unpaired) electrons. The quantitative estimate of drug-likeness (QED) is 0.0172. The van der Waals surface area contributed by atoms with Crippen LogP contribution in [0.15, 0.2) is 114 Å². The molecule has 0 aromatic heterocycles. The van der Waals surface area contributed by atoms with E-state index in [0.29, 0.717) is 49.4 Å². The van der Waals surface area contributed by atoms with Crippen LogP contribution in [0.5, 0.6) is 17.2 Å². The van der Waals surface area contributed by atoms with Crippen molar-refractivity contribution in [3.8, 4) is 17.2 Å².